The first-order chi connectivity index (χ1) is 12.5. The number of rotatable bonds is 7. The Kier molecular flexibility index (Phi) is 5.78. The normalized spacial score (nSPS) is 16.2. The number of amides is 1. The minimum Gasteiger partial charge on any atom is -0.481 e. The van der Waals surface area contributed by atoms with Crippen molar-refractivity contribution in [2.24, 2.45) is 0 Å². The molecule has 0 atom stereocenters. The van der Waals surface area contributed by atoms with Gasteiger partial charge in [0, 0.05) is 30.3 Å². The van der Waals surface area contributed by atoms with E-state index in [9.17, 15) is 9.59 Å². The SMILES string of the molecule is CCc1oc2ccccc2c1/C=C1\SC(=S)N(CCCCC(=O)O)C1=O. The predicted octanol–water partition coefficient (Wildman–Crippen LogP) is 4.45. The molecule has 0 spiro atoms. The number of carboxylic acid groups (broad SMARTS) is 1. The highest BCUT2D eigenvalue weighted by molar-refractivity contribution is 8.26. The van der Waals surface area contributed by atoms with Gasteiger partial charge in [-0.3, -0.25) is 14.5 Å². The molecule has 7 heteroatoms. The molecular weight excluding hydrogens is 370 g/mol. The van der Waals surface area contributed by atoms with Gasteiger partial charge in [0.2, 0.25) is 0 Å². The largest absolute Gasteiger partial charge is 0.481 e. The van der Waals surface area contributed by atoms with Crippen LogP contribution < -0.4 is 0 Å². The van der Waals surface area contributed by atoms with Crippen LogP contribution in [0.25, 0.3) is 17.0 Å². The molecule has 3 rings (SSSR count). The van der Waals surface area contributed by atoms with Crippen molar-refractivity contribution in [2.45, 2.75) is 32.6 Å². The lowest BCUT2D eigenvalue weighted by Crippen LogP contribution is -2.29. The van der Waals surface area contributed by atoms with E-state index in [1.54, 1.807) is 4.90 Å². The molecule has 1 aliphatic rings. The number of hydrogen-bond donors (Lipinski definition) is 1. The van der Waals surface area contributed by atoms with Crippen LogP contribution in [0.3, 0.4) is 0 Å². The summed E-state index contributed by atoms with van der Waals surface area (Å²) in [7, 11) is 0. The zero-order valence-electron chi connectivity index (χ0n) is 14.4. The van der Waals surface area contributed by atoms with Crippen molar-refractivity contribution in [1.29, 1.82) is 0 Å². The number of furan rings is 1. The van der Waals surface area contributed by atoms with E-state index in [2.05, 4.69) is 0 Å². The number of unbranched alkanes of at least 4 members (excludes halogenated alkanes) is 1. The quantitative estimate of drug-likeness (QED) is 0.428. The molecule has 26 heavy (non-hydrogen) atoms. The maximum Gasteiger partial charge on any atom is 0.303 e. The maximum absolute atomic E-state index is 12.7. The number of thioether (sulfide) groups is 1. The summed E-state index contributed by atoms with van der Waals surface area (Å²) in [5.74, 6) is -0.102. The van der Waals surface area contributed by atoms with Gasteiger partial charge < -0.3 is 9.52 Å². The summed E-state index contributed by atoms with van der Waals surface area (Å²) in [4.78, 5) is 25.4. The molecule has 0 bridgehead atoms. The molecule has 0 unspecified atom stereocenters. The van der Waals surface area contributed by atoms with Gasteiger partial charge in [-0.2, -0.15) is 0 Å². The summed E-state index contributed by atoms with van der Waals surface area (Å²) in [6, 6.07) is 7.77. The minimum atomic E-state index is -0.825. The molecule has 0 saturated carbocycles. The molecular formula is C19H19NO4S2. The van der Waals surface area contributed by atoms with Gasteiger partial charge in [-0.05, 0) is 25.0 Å². The van der Waals surface area contributed by atoms with E-state index in [4.69, 9.17) is 21.7 Å². The fourth-order valence-electron chi connectivity index (χ4n) is 2.91. The van der Waals surface area contributed by atoms with Crippen molar-refractivity contribution in [3.05, 3.63) is 40.5 Å². The third-order valence-corrected chi connectivity index (χ3v) is 5.58. The second kappa shape index (κ2) is 8.05. The van der Waals surface area contributed by atoms with E-state index in [0.29, 0.717) is 28.6 Å². The van der Waals surface area contributed by atoms with E-state index in [1.807, 2.05) is 37.3 Å². The molecule has 1 N–H and O–H groups in total. The van der Waals surface area contributed by atoms with E-state index in [-0.39, 0.29) is 12.3 Å². The summed E-state index contributed by atoms with van der Waals surface area (Å²) in [6.07, 6.45) is 3.83. The molecule has 0 aliphatic carbocycles. The second-order valence-corrected chi connectivity index (χ2v) is 7.65. The third kappa shape index (κ3) is 3.83. The van der Waals surface area contributed by atoms with Crippen LogP contribution in [-0.4, -0.2) is 32.7 Å². The molecule has 1 amide bonds. The van der Waals surface area contributed by atoms with Crippen LogP contribution in [0.4, 0.5) is 0 Å². The molecule has 2 heterocycles. The van der Waals surface area contributed by atoms with Gasteiger partial charge in [0.15, 0.2) is 0 Å². The van der Waals surface area contributed by atoms with Gasteiger partial charge in [0.1, 0.15) is 15.7 Å². The number of para-hydroxylation sites is 1. The van der Waals surface area contributed by atoms with Crippen LogP contribution >= 0.6 is 24.0 Å². The highest BCUT2D eigenvalue weighted by atomic mass is 32.2. The lowest BCUT2D eigenvalue weighted by atomic mass is 10.1. The van der Waals surface area contributed by atoms with Crippen molar-refractivity contribution in [1.82, 2.24) is 4.90 Å². The average molecular weight is 389 g/mol. The van der Waals surface area contributed by atoms with E-state index in [0.717, 1.165) is 28.7 Å². The molecule has 1 fully saturated rings. The average Bonchev–Trinajstić information content (AvgIpc) is 3.10. The van der Waals surface area contributed by atoms with Gasteiger partial charge >= 0.3 is 5.97 Å². The standard InChI is InChI=1S/C19H19NO4S2/c1-2-14-13(12-7-3-4-8-15(12)24-14)11-16-18(23)20(19(25)26-16)10-6-5-9-17(21)22/h3-4,7-8,11H,2,5-6,9-10H2,1H3,(H,21,22)/b16-11-. The molecule has 5 nitrogen and oxygen atoms in total. The lowest BCUT2D eigenvalue weighted by molar-refractivity contribution is -0.137. The van der Waals surface area contributed by atoms with Crippen LogP contribution in [0.15, 0.2) is 33.6 Å². The number of aryl methyl sites for hydroxylation is 1. The van der Waals surface area contributed by atoms with E-state index in [1.165, 1.54) is 11.8 Å². The van der Waals surface area contributed by atoms with Crippen LogP contribution in [0, 0.1) is 0 Å². The zero-order chi connectivity index (χ0) is 18.7. The highest BCUT2D eigenvalue weighted by Crippen LogP contribution is 2.36. The number of carbonyl (C=O) groups is 2. The molecule has 1 aliphatic heterocycles. The summed E-state index contributed by atoms with van der Waals surface area (Å²) in [6.45, 7) is 2.46. The van der Waals surface area contributed by atoms with Crippen LogP contribution in [0.1, 0.15) is 37.5 Å². The van der Waals surface area contributed by atoms with Crippen molar-refractivity contribution in [3.63, 3.8) is 0 Å². The van der Waals surface area contributed by atoms with Gasteiger partial charge in [0.25, 0.3) is 5.91 Å². The Balaban J connectivity index is 1.81. The number of benzene rings is 1. The number of hydrogen-bond acceptors (Lipinski definition) is 5. The summed E-state index contributed by atoms with van der Waals surface area (Å²) in [5.41, 5.74) is 1.73. The zero-order valence-corrected chi connectivity index (χ0v) is 16.0. The fraction of sp³-hybridized carbons (Fsp3) is 0.316. The van der Waals surface area contributed by atoms with Crippen LogP contribution in [0.5, 0.6) is 0 Å². The summed E-state index contributed by atoms with van der Waals surface area (Å²) >= 11 is 6.62. The lowest BCUT2D eigenvalue weighted by Gasteiger charge is -2.13. The summed E-state index contributed by atoms with van der Waals surface area (Å²) < 4.78 is 6.40. The van der Waals surface area contributed by atoms with Gasteiger partial charge in [-0.25, -0.2) is 0 Å². The van der Waals surface area contributed by atoms with Gasteiger partial charge in [-0.1, -0.05) is 49.1 Å². The van der Waals surface area contributed by atoms with Gasteiger partial charge in [-0.15, -0.1) is 0 Å². The second-order valence-electron chi connectivity index (χ2n) is 5.97. The number of aliphatic carboxylic acids is 1. The van der Waals surface area contributed by atoms with Crippen LogP contribution in [0.2, 0.25) is 0 Å². The van der Waals surface area contributed by atoms with Crippen molar-refractivity contribution in [2.75, 3.05) is 6.54 Å². The fourth-order valence-corrected chi connectivity index (χ4v) is 4.20. The van der Waals surface area contributed by atoms with Gasteiger partial charge in [0.05, 0.1) is 4.91 Å². The van der Waals surface area contributed by atoms with Crippen molar-refractivity contribution < 1.29 is 19.1 Å². The smallest absolute Gasteiger partial charge is 0.303 e. The van der Waals surface area contributed by atoms with Crippen LogP contribution in [-0.2, 0) is 16.0 Å². The first kappa shape index (κ1) is 18.7. The number of thiocarbonyl (C=S) groups is 1. The third-order valence-electron chi connectivity index (χ3n) is 4.20. The molecule has 136 valence electrons. The number of carbonyl (C=O) groups excluding carboxylic acids is 1. The highest BCUT2D eigenvalue weighted by Gasteiger charge is 2.32. The Morgan fingerprint density at radius 2 is 2.12 bits per heavy atom. The van der Waals surface area contributed by atoms with E-state index < -0.39 is 5.97 Å². The first-order valence-electron chi connectivity index (χ1n) is 8.48. The Hall–Kier alpha value is -2.12. The Bertz CT molecular complexity index is 900. The molecule has 2 aromatic rings. The Labute approximate surface area is 161 Å². The predicted molar refractivity (Wildman–Crippen MR) is 107 cm³/mol. The van der Waals surface area contributed by atoms with Crippen molar-refractivity contribution in [3.8, 4) is 0 Å². The Morgan fingerprint density at radius 3 is 2.85 bits per heavy atom. The maximum atomic E-state index is 12.7. The van der Waals surface area contributed by atoms with Crippen molar-refractivity contribution >= 4 is 57.2 Å². The Morgan fingerprint density at radius 1 is 1.35 bits per heavy atom. The number of nitrogens with zero attached hydrogens (tertiary/aromatic N) is 1. The topological polar surface area (TPSA) is 70.8 Å². The van der Waals surface area contributed by atoms with E-state index >= 15 is 0 Å². The summed E-state index contributed by atoms with van der Waals surface area (Å²) in [5, 5.41) is 9.69. The number of fused-ring (bicyclic) bond motifs is 1. The molecule has 1 saturated heterocycles. The first-order valence-corrected chi connectivity index (χ1v) is 9.71. The molecule has 1 aromatic carbocycles. The minimum absolute atomic E-state index is 0.103. The molecule has 1 aromatic heterocycles. The number of carboxylic acids is 1. The molecule has 0 radical (unpaired) electrons. The monoisotopic (exact) mass is 389 g/mol.